The van der Waals surface area contributed by atoms with Gasteiger partial charge in [0.1, 0.15) is 17.4 Å². The van der Waals surface area contributed by atoms with Crippen LogP contribution in [0.25, 0.3) is 0 Å². The third kappa shape index (κ3) is 6.44. The second kappa shape index (κ2) is 12.5. The number of fused-ring (bicyclic) bond motifs is 1. The number of amides is 1. The Balaban J connectivity index is 1.82. The zero-order chi connectivity index (χ0) is 29.8. The molecule has 1 heterocycles. The molecule has 0 fully saturated rings. The van der Waals surface area contributed by atoms with Crippen LogP contribution in [-0.2, 0) is 27.4 Å². The van der Waals surface area contributed by atoms with Crippen LogP contribution in [0.4, 0.5) is 18.9 Å². The smallest absolute Gasteiger partial charge is 0.471 e. The van der Waals surface area contributed by atoms with Crippen LogP contribution < -0.4 is 24.3 Å². The van der Waals surface area contributed by atoms with Gasteiger partial charge in [0.05, 0.1) is 32.6 Å². The molecule has 0 bridgehead atoms. The highest BCUT2D eigenvalue weighted by atomic mass is 35.5. The van der Waals surface area contributed by atoms with Crippen LogP contribution in [0.5, 0.6) is 23.0 Å². The summed E-state index contributed by atoms with van der Waals surface area (Å²) in [6.45, 7) is 3.20. The molecule has 0 radical (unpaired) electrons. The van der Waals surface area contributed by atoms with Gasteiger partial charge in [0, 0.05) is 17.5 Å². The van der Waals surface area contributed by atoms with E-state index in [-0.39, 0.29) is 65.0 Å². The minimum Gasteiger partial charge on any atom is -0.496 e. The number of rotatable bonds is 10. The maximum absolute atomic E-state index is 13.1. The molecule has 40 heavy (non-hydrogen) atoms. The normalized spacial score (nSPS) is 12.9. The minimum absolute atomic E-state index is 0.0135. The maximum atomic E-state index is 13.1. The average molecular weight is 586 g/mol. The molecule has 1 aliphatic rings. The molecule has 0 aliphatic carbocycles. The molecule has 1 amide bonds. The van der Waals surface area contributed by atoms with Gasteiger partial charge in [-0.05, 0) is 44.4 Å². The predicted octanol–water partition coefficient (Wildman–Crippen LogP) is 5.72. The van der Waals surface area contributed by atoms with Gasteiger partial charge in [0.15, 0.2) is 17.2 Å². The summed E-state index contributed by atoms with van der Waals surface area (Å²) in [6.07, 6.45) is -3.35. The van der Waals surface area contributed by atoms with E-state index in [1.165, 1.54) is 33.5 Å². The Morgan fingerprint density at radius 3 is 2.33 bits per heavy atom. The Morgan fingerprint density at radius 2 is 1.73 bits per heavy atom. The molecule has 9 nitrogen and oxygen atoms in total. The first-order valence-electron chi connectivity index (χ1n) is 11.9. The lowest BCUT2D eigenvalue weighted by atomic mass is 9.93. The third-order valence-electron chi connectivity index (χ3n) is 6.22. The van der Waals surface area contributed by atoms with Crippen LogP contribution in [-0.4, -0.2) is 45.4 Å². The van der Waals surface area contributed by atoms with Crippen LogP contribution in [0, 0.1) is 6.92 Å². The number of esters is 2. The van der Waals surface area contributed by atoms with Gasteiger partial charge >= 0.3 is 24.0 Å². The quantitative estimate of drug-likeness (QED) is 0.214. The van der Waals surface area contributed by atoms with Gasteiger partial charge in [0.25, 0.3) is 0 Å². The summed E-state index contributed by atoms with van der Waals surface area (Å²) in [5, 5.41) is 1.89. The van der Waals surface area contributed by atoms with Crippen molar-refractivity contribution in [2.45, 2.75) is 45.9 Å². The molecule has 216 valence electrons. The maximum Gasteiger partial charge on any atom is 0.471 e. The van der Waals surface area contributed by atoms with Crippen molar-refractivity contribution in [3.05, 3.63) is 51.1 Å². The van der Waals surface area contributed by atoms with E-state index in [2.05, 4.69) is 0 Å². The van der Waals surface area contributed by atoms with E-state index < -0.39 is 24.0 Å². The summed E-state index contributed by atoms with van der Waals surface area (Å²) < 4.78 is 65.4. The van der Waals surface area contributed by atoms with Gasteiger partial charge in [-0.1, -0.05) is 23.3 Å². The lowest BCUT2D eigenvalue weighted by molar-refractivity contribution is -0.167. The first kappa shape index (κ1) is 30.6. The van der Waals surface area contributed by atoms with Gasteiger partial charge in [-0.15, -0.1) is 0 Å². The minimum atomic E-state index is -5.19. The zero-order valence-corrected chi connectivity index (χ0v) is 23.1. The Labute approximate surface area is 233 Å². The average Bonchev–Trinajstić information content (AvgIpc) is 3.29. The standard InChI is InChI=1S/C27H27ClF3NO8/c1-13(7-11-19(33)40-17-9-10-18(36-3)24(38-5)21(17)28)6-8-15-22(32-26(35)27(29,30)31)20-16(12-39-25(20)34)14(2)23(15)37-4/h6,9-10H,7-8,11-12H2,1-5H3,(H,32,35). The van der Waals surface area contributed by atoms with Gasteiger partial charge < -0.3 is 29.0 Å². The van der Waals surface area contributed by atoms with E-state index in [9.17, 15) is 27.6 Å². The van der Waals surface area contributed by atoms with Crippen molar-refractivity contribution in [3.8, 4) is 23.0 Å². The Morgan fingerprint density at radius 1 is 1.07 bits per heavy atom. The van der Waals surface area contributed by atoms with Gasteiger partial charge in [-0.2, -0.15) is 13.2 Å². The number of carbonyl (C=O) groups is 3. The first-order chi connectivity index (χ1) is 18.8. The lowest BCUT2D eigenvalue weighted by Gasteiger charge is -2.20. The van der Waals surface area contributed by atoms with Gasteiger partial charge in [0.2, 0.25) is 0 Å². The summed E-state index contributed by atoms with van der Waals surface area (Å²) >= 11 is 6.25. The van der Waals surface area contributed by atoms with Crippen molar-refractivity contribution in [2.24, 2.45) is 0 Å². The molecular formula is C27H27ClF3NO8. The number of allylic oxidation sites excluding steroid dienone is 2. The number of benzene rings is 2. The highest BCUT2D eigenvalue weighted by Crippen LogP contribution is 2.43. The number of hydrogen-bond donors (Lipinski definition) is 1. The molecule has 0 aromatic heterocycles. The number of anilines is 1. The van der Waals surface area contributed by atoms with E-state index >= 15 is 0 Å². The van der Waals surface area contributed by atoms with E-state index in [1.807, 2.05) is 5.32 Å². The van der Waals surface area contributed by atoms with Crippen LogP contribution in [0.15, 0.2) is 23.8 Å². The fourth-order valence-corrected chi connectivity index (χ4v) is 4.45. The molecule has 0 spiro atoms. The molecule has 1 aliphatic heterocycles. The van der Waals surface area contributed by atoms with Crippen molar-refractivity contribution in [2.75, 3.05) is 26.6 Å². The summed E-state index contributed by atoms with van der Waals surface area (Å²) in [5.41, 5.74) is 1.21. The Hall–Kier alpha value is -3.93. The van der Waals surface area contributed by atoms with Crippen molar-refractivity contribution in [1.82, 2.24) is 0 Å². The summed E-state index contributed by atoms with van der Waals surface area (Å²) in [6, 6.07) is 3.00. The number of alkyl halides is 3. The molecule has 0 unspecified atom stereocenters. The molecule has 3 rings (SSSR count). The molecule has 2 aromatic carbocycles. The molecule has 0 saturated heterocycles. The summed E-state index contributed by atoms with van der Waals surface area (Å²) in [7, 11) is 4.16. The SMILES string of the molecule is COc1ccc(OC(=O)CCC(C)=CCc2c(NC(=O)C(F)(F)F)c3c(c(C)c2OC)COC3=O)c(Cl)c1OC. The van der Waals surface area contributed by atoms with Crippen molar-refractivity contribution in [1.29, 1.82) is 0 Å². The number of carbonyl (C=O) groups excluding carboxylic acids is 3. The molecule has 13 heteroatoms. The summed E-state index contributed by atoms with van der Waals surface area (Å²) in [5.74, 6) is -2.81. The predicted molar refractivity (Wildman–Crippen MR) is 138 cm³/mol. The number of hydrogen-bond acceptors (Lipinski definition) is 8. The van der Waals surface area contributed by atoms with Crippen molar-refractivity contribution < 1.29 is 51.2 Å². The van der Waals surface area contributed by atoms with Crippen LogP contribution in [0.3, 0.4) is 0 Å². The van der Waals surface area contributed by atoms with Crippen LogP contribution in [0.1, 0.15) is 46.8 Å². The number of nitrogens with one attached hydrogen (secondary N) is 1. The number of ether oxygens (including phenoxy) is 5. The van der Waals surface area contributed by atoms with Crippen LogP contribution in [0.2, 0.25) is 5.02 Å². The van der Waals surface area contributed by atoms with Crippen molar-refractivity contribution in [3.63, 3.8) is 0 Å². The topological polar surface area (TPSA) is 109 Å². The monoisotopic (exact) mass is 585 g/mol. The first-order valence-corrected chi connectivity index (χ1v) is 12.3. The van der Waals surface area contributed by atoms with Gasteiger partial charge in [-0.3, -0.25) is 9.59 Å². The molecule has 0 atom stereocenters. The molecule has 1 N–H and O–H groups in total. The van der Waals surface area contributed by atoms with E-state index in [1.54, 1.807) is 19.9 Å². The number of halogens is 4. The van der Waals surface area contributed by atoms with Crippen molar-refractivity contribution >= 4 is 35.1 Å². The highest BCUT2D eigenvalue weighted by molar-refractivity contribution is 6.34. The fraction of sp³-hybridized carbons (Fsp3) is 0.370. The second-order valence-electron chi connectivity index (χ2n) is 8.74. The number of methoxy groups -OCH3 is 3. The van der Waals surface area contributed by atoms with E-state index in [0.29, 0.717) is 22.4 Å². The Kier molecular flexibility index (Phi) is 9.56. The Bertz CT molecular complexity index is 1370. The molecule has 0 saturated carbocycles. The van der Waals surface area contributed by atoms with E-state index in [4.69, 9.17) is 35.3 Å². The van der Waals surface area contributed by atoms with Gasteiger partial charge in [-0.25, -0.2) is 4.79 Å². The number of cyclic esters (lactones) is 1. The zero-order valence-electron chi connectivity index (χ0n) is 22.3. The van der Waals surface area contributed by atoms with Crippen LogP contribution >= 0.6 is 11.6 Å². The largest absolute Gasteiger partial charge is 0.496 e. The molecular weight excluding hydrogens is 559 g/mol. The second-order valence-corrected chi connectivity index (χ2v) is 9.11. The fourth-order valence-electron chi connectivity index (χ4n) is 4.18. The third-order valence-corrected chi connectivity index (χ3v) is 6.58. The van der Waals surface area contributed by atoms with E-state index in [0.717, 1.165) is 0 Å². The lowest BCUT2D eigenvalue weighted by Crippen LogP contribution is -2.31. The highest BCUT2D eigenvalue weighted by Gasteiger charge is 2.41. The summed E-state index contributed by atoms with van der Waals surface area (Å²) in [4.78, 5) is 36.7. The molecule has 2 aromatic rings.